The number of nitrogens with two attached hydrogens (primary N) is 1. The zero-order chi connectivity index (χ0) is 15.6. The van der Waals surface area contributed by atoms with Crippen LogP contribution in [0.15, 0.2) is 9.59 Å². The molecule has 21 heavy (non-hydrogen) atoms. The number of nitrogens with one attached hydrogen (secondary N) is 1. The molecular formula is C14H22N2O3S2. The van der Waals surface area contributed by atoms with Gasteiger partial charge >= 0.3 is 0 Å². The first-order valence-corrected chi connectivity index (χ1v) is 9.62. The second-order valence-corrected chi connectivity index (χ2v) is 8.48. The van der Waals surface area contributed by atoms with Gasteiger partial charge in [-0.25, -0.2) is 13.6 Å². The van der Waals surface area contributed by atoms with Crippen LogP contribution < -0.4 is 10.5 Å². The molecule has 1 amide bonds. The van der Waals surface area contributed by atoms with Gasteiger partial charge in [-0.05, 0) is 30.7 Å². The van der Waals surface area contributed by atoms with Gasteiger partial charge in [0.2, 0.25) is 10.0 Å². The third-order valence-corrected chi connectivity index (χ3v) is 6.99. The molecule has 2 atom stereocenters. The van der Waals surface area contributed by atoms with Crippen LogP contribution >= 0.6 is 11.3 Å². The lowest BCUT2D eigenvalue weighted by atomic mass is 9.80. The zero-order valence-corrected chi connectivity index (χ0v) is 14.0. The zero-order valence-electron chi connectivity index (χ0n) is 12.4. The van der Waals surface area contributed by atoms with Crippen LogP contribution in [0.1, 0.15) is 48.5 Å². The minimum Gasteiger partial charge on any atom is -0.352 e. The van der Waals surface area contributed by atoms with Gasteiger partial charge in [-0.15, -0.1) is 11.3 Å². The third kappa shape index (κ3) is 3.84. The van der Waals surface area contributed by atoms with E-state index in [0.29, 0.717) is 29.5 Å². The quantitative estimate of drug-likeness (QED) is 0.887. The average Bonchev–Trinajstić information content (AvgIpc) is 2.79. The van der Waals surface area contributed by atoms with Crippen LogP contribution in [0, 0.1) is 18.8 Å². The van der Waals surface area contributed by atoms with Crippen LogP contribution in [0.3, 0.4) is 0 Å². The van der Waals surface area contributed by atoms with Crippen molar-refractivity contribution in [1.29, 1.82) is 0 Å². The maximum Gasteiger partial charge on any atom is 0.252 e. The number of primary sulfonamides is 1. The monoisotopic (exact) mass is 330 g/mol. The molecule has 1 aromatic rings. The first-order chi connectivity index (χ1) is 9.80. The molecule has 2 rings (SSSR count). The minimum absolute atomic E-state index is 0.0682. The molecule has 1 aromatic heterocycles. The summed E-state index contributed by atoms with van der Waals surface area (Å²) in [6.45, 7) is 4.50. The molecular weight excluding hydrogens is 308 g/mol. The molecule has 2 unspecified atom stereocenters. The summed E-state index contributed by atoms with van der Waals surface area (Å²) in [5, 5.41) is 9.63. The number of carbonyl (C=O) groups excluding carboxylic acids is 1. The van der Waals surface area contributed by atoms with E-state index in [0.717, 1.165) is 17.8 Å². The number of carbonyl (C=O) groups is 1. The molecule has 118 valence electrons. The standard InChI is InChI=1S/C14H22N2O3S2/c1-9-5-3-4-6-11(9)7-16-13(17)12-8-20-14(10(12)2)21(15,18)19/h8-9,11H,3-7H2,1-2H3,(H,16,17)(H2,15,18,19). The van der Waals surface area contributed by atoms with Crippen molar-refractivity contribution in [3.8, 4) is 0 Å². The lowest BCUT2D eigenvalue weighted by Crippen LogP contribution is -2.33. The highest BCUT2D eigenvalue weighted by Crippen LogP contribution is 2.29. The van der Waals surface area contributed by atoms with E-state index < -0.39 is 10.0 Å². The lowest BCUT2D eigenvalue weighted by molar-refractivity contribution is 0.0936. The van der Waals surface area contributed by atoms with E-state index >= 15 is 0 Å². The topological polar surface area (TPSA) is 89.3 Å². The van der Waals surface area contributed by atoms with Gasteiger partial charge in [0.1, 0.15) is 4.21 Å². The predicted octanol–water partition coefficient (Wildman–Crippen LogP) is 2.26. The molecule has 0 aromatic carbocycles. The van der Waals surface area contributed by atoms with E-state index in [9.17, 15) is 13.2 Å². The van der Waals surface area contributed by atoms with Gasteiger partial charge in [-0.3, -0.25) is 4.79 Å². The van der Waals surface area contributed by atoms with Crippen LogP contribution in [0.4, 0.5) is 0 Å². The predicted molar refractivity (Wildman–Crippen MR) is 83.9 cm³/mol. The Labute approximate surface area is 130 Å². The highest BCUT2D eigenvalue weighted by Gasteiger charge is 2.24. The van der Waals surface area contributed by atoms with Crippen molar-refractivity contribution in [2.45, 2.75) is 43.7 Å². The van der Waals surface area contributed by atoms with Crippen LogP contribution in [-0.4, -0.2) is 20.9 Å². The number of amides is 1. The first-order valence-electron chi connectivity index (χ1n) is 7.19. The second kappa shape index (κ2) is 6.46. The summed E-state index contributed by atoms with van der Waals surface area (Å²) in [5.74, 6) is 0.929. The van der Waals surface area contributed by atoms with E-state index in [1.165, 1.54) is 19.3 Å². The van der Waals surface area contributed by atoms with Gasteiger partial charge < -0.3 is 5.32 Å². The SMILES string of the molecule is Cc1c(C(=O)NCC2CCCCC2C)csc1S(N)(=O)=O. The van der Waals surface area contributed by atoms with Crippen molar-refractivity contribution in [2.24, 2.45) is 17.0 Å². The normalized spacial score (nSPS) is 23.0. The maximum atomic E-state index is 12.2. The fourth-order valence-corrected chi connectivity index (χ4v) is 4.93. The van der Waals surface area contributed by atoms with E-state index in [-0.39, 0.29) is 10.1 Å². The Bertz CT molecular complexity index is 622. The molecule has 3 N–H and O–H groups in total. The van der Waals surface area contributed by atoms with Crippen molar-refractivity contribution in [3.63, 3.8) is 0 Å². The van der Waals surface area contributed by atoms with E-state index in [2.05, 4.69) is 12.2 Å². The van der Waals surface area contributed by atoms with Gasteiger partial charge in [-0.2, -0.15) is 0 Å². The summed E-state index contributed by atoms with van der Waals surface area (Å²) in [7, 11) is -3.75. The molecule has 0 aliphatic heterocycles. The van der Waals surface area contributed by atoms with E-state index in [4.69, 9.17) is 5.14 Å². The molecule has 7 heteroatoms. The summed E-state index contributed by atoms with van der Waals surface area (Å²) in [4.78, 5) is 12.2. The van der Waals surface area contributed by atoms with Crippen molar-refractivity contribution in [2.75, 3.05) is 6.54 Å². The van der Waals surface area contributed by atoms with Crippen LogP contribution in [0.25, 0.3) is 0 Å². The molecule has 0 spiro atoms. The molecule has 1 fully saturated rings. The van der Waals surface area contributed by atoms with Crippen molar-refractivity contribution >= 4 is 27.3 Å². The summed E-state index contributed by atoms with van der Waals surface area (Å²) >= 11 is 1.000. The average molecular weight is 330 g/mol. The lowest BCUT2D eigenvalue weighted by Gasteiger charge is -2.28. The Kier molecular flexibility index (Phi) is 5.06. The molecule has 1 heterocycles. The Hall–Kier alpha value is -0.920. The number of hydrogen-bond acceptors (Lipinski definition) is 4. The largest absolute Gasteiger partial charge is 0.352 e. The Morgan fingerprint density at radius 2 is 2.10 bits per heavy atom. The number of sulfonamides is 1. The van der Waals surface area contributed by atoms with Crippen molar-refractivity contribution in [3.05, 3.63) is 16.5 Å². The molecule has 1 aliphatic carbocycles. The molecule has 0 radical (unpaired) electrons. The van der Waals surface area contributed by atoms with Crippen LogP contribution in [0.2, 0.25) is 0 Å². The summed E-state index contributed by atoms with van der Waals surface area (Å²) in [6, 6.07) is 0. The molecule has 5 nitrogen and oxygen atoms in total. The van der Waals surface area contributed by atoms with Crippen LogP contribution in [-0.2, 0) is 10.0 Å². The fraction of sp³-hybridized carbons (Fsp3) is 0.643. The summed E-state index contributed by atoms with van der Waals surface area (Å²) in [6.07, 6.45) is 4.85. The van der Waals surface area contributed by atoms with Gasteiger partial charge in [0.25, 0.3) is 5.91 Å². The first kappa shape index (κ1) is 16.5. The summed E-state index contributed by atoms with van der Waals surface area (Å²) < 4.78 is 22.9. The second-order valence-electron chi connectivity index (χ2n) is 5.84. The highest BCUT2D eigenvalue weighted by molar-refractivity contribution is 7.91. The number of rotatable bonds is 4. The Balaban J connectivity index is 2.02. The van der Waals surface area contributed by atoms with Crippen molar-refractivity contribution < 1.29 is 13.2 Å². The van der Waals surface area contributed by atoms with Gasteiger partial charge in [0.05, 0.1) is 5.56 Å². The smallest absolute Gasteiger partial charge is 0.252 e. The summed E-state index contributed by atoms with van der Waals surface area (Å²) in [5.41, 5.74) is 0.851. The third-order valence-electron chi connectivity index (χ3n) is 4.31. The van der Waals surface area contributed by atoms with Gasteiger partial charge in [0.15, 0.2) is 0 Å². The molecule has 1 saturated carbocycles. The fourth-order valence-electron chi connectivity index (χ4n) is 2.92. The molecule has 1 aliphatic rings. The van der Waals surface area contributed by atoms with E-state index in [1.807, 2.05) is 0 Å². The van der Waals surface area contributed by atoms with Gasteiger partial charge in [-0.1, -0.05) is 26.2 Å². The number of thiophene rings is 1. The Morgan fingerprint density at radius 1 is 1.43 bits per heavy atom. The van der Waals surface area contributed by atoms with Crippen LogP contribution in [0.5, 0.6) is 0 Å². The van der Waals surface area contributed by atoms with Crippen molar-refractivity contribution in [1.82, 2.24) is 5.32 Å². The van der Waals surface area contributed by atoms with E-state index in [1.54, 1.807) is 12.3 Å². The number of hydrogen-bond donors (Lipinski definition) is 2. The van der Waals surface area contributed by atoms with Gasteiger partial charge in [0, 0.05) is 11.9 Å². The molecule has 0 saturated heterocycles. The molecule has 0 bridgehead atoms. The Morgan fingerprint density at radius 3 is 2.67 bits per heavy atom. The maximum absolute atomic E-state index is 12.2. The highest BCUT2D eigenvalue weighted by atomic mass is 32.2. The minimum atomic E-state index is -3.75.